The highest BCUT2D eigenvalue weighted by atomic mass is 32.1. The summed E-state index contributed by atoms with van der Waals surface area (Å²) in [5.74, 6) is 1.01. The Hall–Kier alpha value is -1.93. The molecule has 0 unspecified atom stereocenters. The Morgan fingerprint density at radius 1 is 1.61 bits per heavy atom. The topological polar surface area (TPSA) is 80.5 Å². The number of hydrogen-bond acceptors (Lipinski definition) is 6. The van der Waals surface area contributed by atoms with E-state index >= 15 is 0 Å². The molecule has 1 aliphatic rings. The summed E-state index contributed by atoms with van der Waals surface area (Å²) in [5, 5.41) is 11.0. The van der Waals surface area contributed by atoms with Gasteiger partial charge in [-0.3, -0.25) is 0 Å². The molecular formula is C15H20N4O3S. The summed E-state index contributed by atoms with van der Waals surface area (Å²) in [4.78, 5) is 18.5. The zero-order valence-corrected chi connectivity index (χ0v) is 14.0. The molecule has 0 aromatic carbocycles. The molecule has 1 N–H and O–H groups in total. The molecule has 2 aromatic heterocycles. The molecule has 23 heavy (non-hydrogen) atoms. The number of hydrogen-bond donors (Lipinski definition) is 1. The molecule has 0 spiro atoms. The van der Waals surface area contributed by atoms with Crippen LogP contribution in [0, 0.1) is 6.92 Å². The molecule has 0 radical (unpaired) electrons. The van der Waals surface area contributed by atoms with Gasteiger partial charge in [-0.05, 0) is 28.8 Å². The van der Waals surface area contributed by atoms with E-state index in [0.29, 0.717) is 37.8 Å². The third kappa shape index (κ3) is 3.70. The molecule has 2 atom stereocenters. The lowest BCUT2D eigenvalue weighted by Crippen LogP contribution is -2.48. The molecule has 0 saturated carbocycles. The van der Waals surface area contributed by atoms with E-state index in [0.717, 1.165) is 5.56 Å². The third-order valence-corrected chi connectivity index (χ3v) is 4.53. The summed E-state index contributed by atoms with van der Waals surface area (Å²) in [6, 6.07) is 1.67. The van der Waals surface area contributed by atoms with Gasteiger partial charge in [0.25, 0.3) is 0 Å². The van der Waals surface area contributed by atoms with E-state index in [1.165, 1.54) is 0 Å². The average molecular weight is 336 g/mol. The van der Waals surface area contributed by atoms with E-state index < -0.39 is 0 Å². The van der Waals surface area contributed by atoms with E-state index in [9.17, 15) is 4.79 Å². The fourth-order valence-corrected chi connectivity index (χ4v) is 3.24. The van der Waals surface area contributed by atoms with E-state index in [-0.39, 0.29) is 18.2 Å². The molecule has 1 fully saturated rings. The van der Waals surface area contributed by atoms with Crippen LogP contribution in [0.25, 0.3) is 0 Å². The molecule has 0 aliphatic carbocycles. The largest absolute Gasteiger partial charge is 0.370 e. The Morgan fingerprint density at radius 2 is 2.48 bits per heavy atom. The lowest BCUT2D eigenvalue weighted by Gasteiger charge is -2.33. The van der Waals surface area contributed by atoms with Gasteiger partial charge in [0, 0.05) is 13.5 Å². The van der Waals surface area contributed by atoms with Gasteiger partial charge in [-0.25, -0.2) is 4.79 Å². The van der Waals surface area contributed by atoms with Gasteiger partial charge in [0.15, 0.2) is 5.82 Å². The number of carbonyl (C=O) groups is 1. The first-order valence-corrected chi connectivity index (χ1v) is 8.61. The van der Waals surface area contributed by atoms with Crippen molar-refractivity contribution in [2.45, 2.75) is 32.4 Å². The first kappa shape index (κ1) is 15.9. The van der Waals surface area contributed by atoms with Crippen molar-refractivity contribution in [3.8, 4) is 0 Å². The monoisotopic (exact) mass is 336 g/mol. The third-order valence-electron chi connectivity index (χ3n) is 3.83. The number of aryl methyl sites for hydroxylation is 1. The average Bonchev–Trinajstić information content (AvgIpc) is 3.24. The maximum Gasteiger partial charge on any atom is 0.318 e. The number of carbonyl (C=O) groups excluding carboxylic acids is 1. The molecule has 7 nitrogen and oxygen atoms in total. The molecule has 3 heterocycles. The Kier molecular flexibility index (Phi) is 4.92. The van der Waals surface area contributed by atoms with Gasteiger partial charge in [0.05, 0.1) is 19.2 Å². The molecule has 3 rings (SSSR count). The van der Waals surface area contributed by atoms with Gasteiger partial charge in [0.1, 0.15) is 6.10 Å². The fraction of sp³-hybridized carbons (Fsp3) is 0.533. The summed E-state index contributed by atoms with van der Waals surface area (Å²) in [5.41, 5.74) is 1.12. The van der Waals surface area contributed by atoms with Gasteiger partial charge in [-0.2, -0.15) is 16.3 Å². The summed E-state index contributed by atoms with van der Waals surface area (Å²) in [7, 11) is 0. The van der Waals surface area contributed by atoms with E-state index in [4.69, 9.17) is 9.26 Å². The van der Waals surface area contributed by atoms with Crippen LogP contribution in [-0.4, -0.2) is 40.8 Å². The number of urea groups is 1. The van der Waals surface area contributed by atoms with Crippen LogP contribution < -0.4 is 5.32 Å². The predicted octanol–water partition coefficient (Wildman–Crippen LogP) is 2.67. The van der Waals surface area contributed by atoms with Crippen LogP contribution in [-0.2, 0) is 4.74 Å². The normalized spacial score (nSPS) is 19.6. The first-order valence-electron chi connectivity index (χ1n) is 7.66. The van der Waals surface area contributed by atoms with Gasteiger partial charge in [0.2, 0.25) is 5.89 Å². The van der Waals surface area contributed by atoms with Crippen LogP contribution in [0.15, 0.2) is 21.3 Å². The number of aromatic nitrogens is 2. The quantitative estimate of drug-likeness (QED) is 0.928. The minimum atomic E-state index is -0.248. The number of amides is 2. The van der Waals surface area contributed by atoms with Gasteiger partial charge >= 0.3 is 6.03 Å². The maximum absolute atomic E-state index is 12.5. The Balaban J connectivity index is 1.62. The van der Waals surface area contributed by atoms with Crippen molar-refractivity contribution in [2.24, 2.45) is 0 Å². The van der Waals surface area contributed by atoms with Crippen molar-refractivity contribution >= 4 is 17.4 Å². The van der Waals surface area contributed by atoms with Crippen LogP contribution in [0.1, 0.15) is 42.8 Å². The molecule has 0 bridgehead atoms. The molecule has 2 aromatic rings. The Labute approximate surface area is 138 Å². The summed E-state index contributed by atoms with van der Waals surface area (Å²) in [6.45, 7) is 5.37. The SMILES string of the molecule is CC[C@@H](NC(=O)N1CCO[C@@H](c2ccsc2)C1)c1noc(C)n1. The van der Waals surface area contributed by atoms with Crippen molar-refractivity contribution in [3.05, 3.63) is 34.1 Å². The minimum absolute atomic E-state index is 0.0618. The number of nitrogens with zero attached hydrogens (tertiary/aromatic N) is 3. The predicted molar refractivity (Wildman–Crippen MR) is 85.2 cm³/mol. The number of rotatable bonds is 4. The van der Waals surface area contributed by atoms with Crippen LogP contribution in [0.4, 0.5) is 4.79 Å². The highest BCUT2D eigenvalue weighted by Crippen LogP contribution is 2.24. The van der Waals surface area contributed by atoms with E-state index in [1.54, 1.807) is 23.2 Å². The first-order chi connectivity index (χ1) is 11.2. The van der Waals surface area contributed by atoms with Crippen molar-refractivity contribution in [2.75, 3.05) is 19.7 Å². The highest BCUT2D eigenvalue weighted by Gasteiger charge is 2.27. The van der Waals surface area contributed by atoms with Crippen LogP contribution >= 0.6 is 11.3 Å². The van der Waals surface area contributed by atoms with Crippen LogP contribution in [0.3, 0.4) is 0 Å². The second-order valence-corrected chi connectivity index (χ2v) is 6.22. The van der Waals surface area contributed by atoms with Crippen LogP contribution in [0.5, 0.6) is 0 Å². The van der Waals surface area contributed by atoms with Crippen molar-refractivity contribution < 1.29 is 14.1 Å². The number of thiophene rings is 1. The second-order valence-electron chi connectivity index (χ2n) is 5.44. The summed E-state index contributed by atoms with van der Waals surface area (Å²) in [6.07, 6.45) is 0.636. The molecule has 124 valence electrons. The maximum atomic E-state index is 12.5. The van der Waals surface area contributed by atoms with Gasteiger partial charge < -0.3 is 19.5 Å². The van der Waals surface area contributed by atoms with Crippen LogP contribution in [0.2, 0.25) is 0 Å². The molecular weight excluding hydrogens is 316 g/mol. The van der Waals surface area contributed by atoms with E-state index in [2.05, 4.69) is 20.8 Å². The fourth-order valence-electron chi connectivity index (χ4n) is 2.54. The van der Waals surface area contributed by atoms with Gasteiger partial charge in [-0.15, -0.1) is 0 Å². The van der Waals surface area contributed by atoms with E-state index in [1.807, 2.05) is 18.4 Å². The lowest BCUT2D eigenvalue weighted by molar-refractivity contribution is -0.0156. The summed E-state index contributed by atoms with van der Waals surface area (Å²) < 4.78 is 10.8. The number of morpholine rings is 1. The Bertz CT molecular complexity index is 643. The zero-order chi connectivity index (χ0) is 16.2. The molecule has 2 amide bonds. The lowest BCUT2D eigenvalue weighted by atomic mass is 10.1. The van der Waals surface area contributed by atoms with Crippen molar-refractivity contribution in [3.63, 3.8) is 0 Å². The van der Waals surface area contributed by atoms with Crippen molar-refractivity contribution in [1.82, 2.24) is 20.4 Å². The number of nitrogens with one attached hydrogen (secondary N) is 1. The number of ether oxygens (including phenoxy) is 1. The highest BCUT2D eigenvalue weighted by molar-refractivity contribution is 7.07. The smallest absolute Gasteiger partial charge is 0.318 e. The second kappa shape index (κ2) is 7.10. The zero-order valence-electron chi connectivity index (χ0n) is 13.2. The molecule has 8 heteroatoms. The van der Waals surface area contributed by atoms with Gasteiger partial charge in [-0.1, -0.05) is 12.1 Å². The minimum Gasteiger partial charge on any atom is -0.370 e. The Morgan fingerprint density at radius 3 is 3.13 bits per heavy atom. The molecule has 1 aliphatic heterocycles. The standard InChI is InChI=1S/C15H20N4O3S/c1-3-12(14-16-10(2)22-18-14)17-15(20)19-5-6-21-13(8-19)11-4-7-23-9-11/h4,7,9,12-13H,3,5-6,8H2,1-2H3,(H,17,20)/t12-,13-/m1/s1. The summed E-state index contributed by atoms with van der Waals surface area (Å²) >= 11 is 1.63. The van der Waals surface area contributed by atoms with Crippen molar-refractivity contribution in [1.29, 1.82) is 0 Å². The molecule has 1 saturated heterocycles.